The Bertz CT molecular complexity index is 1630. The fourth-order valence-corrected chi connectivity index (χ4v) is 5.15. The van der Waals surface area contributed by atoms with Crippen molar-refractivity contribution in [2.45, 2.75) is 12.8 Å². The minimum atomic E-state index is -0.349. The van der Waals surface area contributed by atoms with Gasteiger partial charge < -0.3 is 14.8 Å². The molecule has 0 spiro atoms. The zero-order valence-corrected chi connectivity index (χ0v) is 19.6. The van der Waals surface area contributed by atoms with Crippen molar-refractivity contribution in [3.05, 3.63) is 76.7 Å². The molecule has 1 N–H and O–H groups in total. The first kappa shape index (κ1) is 21.5. The van der Waals surface area contributed by atoms with Gasteiger partial charge in [-0.25, -0.2) is 4.98 Å². The summed E-state index contributed by atoms with van der Waals surface area (Å²) in [6.45, 7) is 3.42. The summed E-state index contributed by atoms with van der Waals surface area (Å²) in [5, 5.41) is 3.42. The Hall–Kier alpha value is -4.04. The summed E-state index contributed by atoms with van der Waals surface area (Å²) in [6.07, 6.45) is 5.84. The molecule has 1 saturated heterocycles. The molecule has 35 heavy (non-hydrogen) atoms. The number of likely N-dealkylation sites (tertiary alicyclic amines) is 1. The average Bonchev–Trinajstić information content (AvgIpc) is 3.51. The van der Waals surface area contributed by atoms with Crippen LogP contribution in [0.3, 0.4) is 0 Å². The minimum Gasteiger partial charge on any atom is -0.351 e. The van der Waals surface area contributed by atoms with Gasteiger partial charge in [0.2, 0.25) is 5.43 Å². The second-order valence-corrected chi connectivity index (χ2v) is 9.02. The van der Waals surface area contributed by atoms with Crippen LogP contribution in [0.1, 0.15) is 23.2 Å². The number of nitrogens with one attached hydrogen (secondary N) is 1. The standard InChI is InChI=1S/C27H26N6O2/c1-31-21-6-2-3-7-22(21)33-25-19(8-9-20(30-25)18-10-12-28-13-11-18)24(34)23(27(31)33)26(35)29-14-17-32-15-4-5-16-32/h2-3,6-13H,4-5,14-17H2,1H3,(H,29,35). The van der Waals surface area contributed by atoms with Crippen LogP contribution < -0.4 is 10.7 Å². The van der Waals surface area contributed by atoms with Crippen molar-refractivity contribution in [3.63, 3.8) is 0 Å². The lowest BCUT2D eigenvalue weighted by atomic mass is 10.1. The molecule has 5 aromatic rings. The van der Waals surface area contributed by atoms with Crippen LogP contribution in [0, 0.1) is 0 Å². The summed E-state index contributed by atoms with van der Waals surface area (Å²) in [5.41, 5.74) is 4.37. The van der Waals surface area contributed by atoms with Crippen molar-refractivity contribution in [2.75, 3.05) is 26.2 Å². The first-order valence-corrected chi connectivity index (χ1v) is 12.0. The van der Waals surface area contributed by atoms with E-state index in [1.54, 1.807) is 18.5 Å². The molecule has 176 valence electrons. The molecular weight excluding hydrogens is 440 g/mol. The van der Waals surface area contributed by atoms with Crippen LogP contribution in [0.4, 0.5) is 0 Å². The number of para-hydroxylation sites is 2. The number of carbonyl (C=O) groups is 1. The number of pyridine rings is 3. The smallest absolute Gasteiger partial charge is 0.259 e. The molecule has 8 nitrogen and oxygen atoms in total. The third kappa shape index (κ3) is 3.57. The van der Waals surface area contributed by atoms with E-state index in [1.165, 1.54) is 12.8 Å². The average molecular weight is 467 g/mol. The third-order valence-corrected chi connectivity index (χ3v) is 6.91. The highest BCUT2D eigenvalue weighted by molar-refractivity contribution is 6.05. The molecule has 1 amide bonds. The number of benzene rings is 1. The molecule has 0 atom stereocenters. The van der Waals surface area contributed by atoms with Crippen molar-refractivity contribution < 1.29 is 4.79 Å². The van der Waals surface area contributed by atoms with Gasteiger partial charge in [-0.05, 0) is 62.3 Å². The van der Waals surface area contributed by atoms with E-state index in [4.69, 9.17) is 4.98 Å². The van der Waals surface area contributed by atoms with E-state index >= 15 is 0 Å². The summed E-state index contributed by atoms with van der Waals surface area (Å²) in [6, 6.07) is 15.3. The maximum Gasteiger partial charge on any atom is 0.259 e. The molecule has 0 saturated carbocycles. The number of amides is 1. The molecule has 1 aliphatic rings. The van der Waals surface area contributed by atoms with Gasteiger partial charge in [-0.15, -0.1) is 0 Å². The predicted molar refractivity (Wildman–Crippen MR) is 137 cm³/mol. The summed E-state index contributed by atoms with van der Waals surface area (Å²) in [7, 11) is 1.89. The number of imidazole rings is 1. The Morgan fingerprint density at radius 2 is 1.74 bits per heavy atom. The monoisotopic (exact) mass is 466 g/mol. The van der Waals surface area contributed by atoms with Gasteiger partial charge in [-0.1, -0.05) is 12.1 Å². The van der Waals surface area contributed by atoms with Gasteiger partial charge in [0.1, 0.15) is 11.2 Å². The normalized spacial score (nSPS) is 14.3. The number of carbonyl (C=O) groups excluding carboxylic acids is 1. The molecule has 8 heteroatoms. The van der Waals surface area contributed by atoms with Crippen LogP contribution in [-0.2, 0) is 7.05 Å². The van der Waals surface area contributed by atoms with Gasteiger partial charge in [0.15, 0.2) is 5.65 Å². The van der Waals surface area contributed by atoms with Gasteiger partial charge in [-0.3, -0.25) is 19.0 Å². The molecule has 6 rings (SSSR count). The van der Waals surface area contributed by atoms with E-state index in [0.717, 1.165) is 41.9 Å². The lowest BCUT2D eigenvalue weighted by molar-refractivity contribution is 0.0950. The number of nitrogens with zero attached hydrogens (tertiary/aromatic N) is 5. The van der Waals surface area contributed by atoms with Crippen molar-refractivity contribution in [1.29, 1.82) is 0 Å². The SMILES string of the molecule is Cn1c2ccccc2n2c3nc(-c4ccncc4)ccc3c(=O)c(C(=O)NCCN3CCCC3)c12. The number of hydrogen-bond donors (Lipinski definition) is 1. The quantitative estimate of drug-likeness (QED) is 0.430. The summed E-state index contributed by atoms with van der Waals surface area (Å²) in [5.74, 6) is -0.349. The number of rotatable bonds is 5. The van der Waals surface area contributed by atoms with Gasteiger partial charge >= 0.3 is 0 Å². The van der Waals surface area contributed by atoms with Crippen LogP contribution in [0.2, 0.25) is 0 Å². The number of aryl methyl sites for hydroxylation is 1. The Morgan fingerprint density at radius 3 is 2.51 bits per heavy atom. The van der Waals surface area contributed by atoms with Crippen molar-refractivity contribution in [1.82, 2.24) is 29.2 Å². The van der Waals surface area contributed by atoms with Crippen molar-refractivity contribution in [2.24, 2.45) is 7.05 Å². The highest BCUT2D eigenvalue weighted by atomic mass is 16.2. The Balaban J connectivity index is 1.55. The van der Waals surface area contributed by atoms with Gasteiger partial charge in [0.25, 0.3) is 5.91 Å². The molecule has 4 aromatic heterocycles. The fourth-order valence-electron chi connectivity index (χ4n) is 5.15. The third-order valence-electron chi connectivity index (χ3n) is 6.91. The number of fused-ring (bicyclic) bond motifs is 5. The van der Waals surface area contributed by atoms with Gasteiger partial charge in [0, 0.05) is 38.1 Å². The lowest BCUT2D eigenvalue weighted by Gasteiger charge is -2.15. The molecule has 1 aromatic carbocycles. The Kier molecular flexibility index (Phi) is 5.30. The van der Waals surface area contributed by atoms with Gasteiger partial charge in [0.05, 0.1) is 22.1 Å². The van der Waals surface area contributed by atoms with Crippen LogP contribution in [0.5, 0.6) is 0 Å². The number of hydrogen-bond acceptors (Lipinski definition) is 5. The van der Waals surface area contributed by atoms with E-state index in [1.807, 2.05) is 58.5 Å². The zero-order valence-electron chi connectivity index (χ0n) is 19.6. The number of aromatic nitrogens is 4. The van der Waals surface area contributed by atoms with E-state index in [0.29, 0.717) is 23.2 Å². The summed E-state index contributed by atoms with van der Waals surface area (Å²) < 4.78 is 3.85. The topological polar surface area (TPSA) is 84.5 Å². The molecule has 0 radical (unpaired) electrons. The zero-order chi connectivity index (χ0) is 23.9. The molecule has 0 aliphatic carbocycles. The highest BCUT2D eigenvalue weighted by Gasteiger charge is 2.24. The first-order chi connectivity index (χ1) is 17.1. The molecule has 0 bridgehead atoms. The predicted octanol–water partition coefficient (Wildman–Crippen LogP) is 3.23. The van der Waals surface area contributed by atoms with Crippen LogP contribution in [0.15, 0.2) is 65.7 Å². The van der Waals surface area contributed by atoms with E-state index in [2.05, 4.69) is 15.2 Å². The van der Waals surface area contributed by atoms with Crippen molar-refractivity contribution >= 4 is 33.6 Å². The van der Waals surface area contributed by atoms with Crippen molar-refractivity contribution in [3.8, 4) is 11.3 Å². The first-order valence-electron chi connectivity index (χ1n) is 12.0. The largest absolute Gasteiger partial charge is 0.351 e. The maximum absolute atomic E-state index is 13.7. The van der Waals surface area contributed by atoms with Crippen LogP contribution in [0.25, 0.3) is 39.0 Å². The molecule has 0 unspecified atom stereocenters. The van der Waals surface area contributed by atoms with E-state index in [-0.39, 0.29) is 16.9 Å². The molecule has 1 aliphatic heterocycles. The lowest BCUT2D eigenvalue weighted by Crippen LogP contribution is -2.36. The van der Waals surface area contributed by atoms with Crippen LogP contribution >= 0.6 is 0 Å². The second kappa shape index (κ2) is 8.63. The Labute approximate surface area is 201 Å². The maximum atomic E-state index is 13.7. The molecule has 5 heterocycles. The minimum absolute atomic E-state index is 0.149. The second-order valence-electron chi connectivity index (χ2n) is 9.02. The fraction of sp³-hybridized carbons (Fsp3) is 0.259. The van der Waals surface area contributed by atoms with E-state index < -0.39 is 0 Å². The summed E-state index contributed by atoms with van der Waals surface area (Å²) >= 11 is 0. The molecular formula is C27H26N6O2. The molecule has 1 fully saturated rings. The Morgan fingerprint density at radius 1 is 1.00 bits per heavy atom. The summed E-state index contributed by atoms with van der Waals surface area (Å²) in [4.78, 5) is 38.5. The highest BCUT2D eigenvalue weighted by Crippen LogP contribution is 2.27. The van der Waals surface area contributed by atoms with Gasteiger partial charge in [-0.2, -0.15) is 0 Å². The van der Waals surface area contributed by atoms with Crippen LogP contribution in [-0.4, -0.2) is 55.9 Å². The van der Waals surface area contributed by atoms with E-state index in [9.17, 15) is 9.59 Å².